The summed E-state index contributed by atoms with van der Waals surface area (Å²) in [6.07, 6.45) is 5.06. The monoisotopic (exact) mass is 166 g/mol. The number of rotatable bonds is 3. The van der Waals surface area contributed by atoms with Gasteiger partial charge in [-0.15, -0.1) is 0 Å². The average molecular weight is 166 g/mol. The van der Waals surface area contributed by atoms with Gasteiger partial charge in [-0.25, -0.2) is 0 Å². The highest BCUT2D eigenvalue weighted by Crippen LogP contribution is 2.58. The van der Waals surface area contributed by atoms with Crippen molar-refractivity contribution in [2.75, 3.05) is 0 Å². The molecule has 0 aromatic carbocycles. The zero-order valence-corrected chi connectivity index (χ0v) is 8.05. The molecule has 0 bridgehead atoms. The Balaban J connectivity index is 1.91. The molecule has 0 N–H and O–H groups in total. The van der Waals surface area contributed by atoms with Gasteiger partial charge in [0.2, 0.25) is 0 Å². The fourth-order valence-electron chi connectivity index (χ4n) is 2.77. The number of hydrogen-bond donors (Lipinski definition) is 0. The summed E-state index contributed by atoms with van der Waals surface area (Å²) in [5.41, 5.74) is 0. The van der Waals surface area contributed by atoms with Crippen molar-refractivity contribution in [1.29, 1.82) is 0 Å². The standard InChI is InChI=1S/C11H18O/c1-3-7(2)11(12)10-8-5-4-6-9(8)10/h7-10H,3-6H2,1-2H3. The summed E-state index contributed by atoms with van der Waals surface area (Å²) >= 11 is 0. The third kappa shape index (κ3) is 1.10. The first-order valence-electron chi connectivity index (χ1n) is 5.29. The van der Waals surface area contributed by atoms with Crippen molar-refractivity contribution in [1.82, 2.24) is 0 Å². The van der Waals surface area contributed by atoms with Gasteiger partial charge in [-0.1, -0.05) is 20.3 Å². The Morgan fingerprint density at radius 1 is 1.42 bits per heavy atom. The smallest absolute Gasteiger partial charge is 0.139 e. The van der Waals surface area contributed by atoms with Crippen molar-refractivity contribution in [2.45, 2.75) is 39.5 Å². The third-order valence-electron chi connectivity index (χ3n) is 3.83. The average Bonchev–Trinajstić information content (AvgIpc) is 2.56. The minimum absolute atomic E-state index is 0.320. The molecule has 0 aliphatic heterocycles. The van der Waals surface area contributed by atoms with Gasteiger partial charge in [-0.2, -0.15) is 0 Å². The van der Waals surface area contributed by atoms with Gasteiger partial charge in [-0.3, -0.25) is 4.79 Å². The van der Waals surface area contributed by atoms with Gasteiger partial charge in [0, 0.05) is 11.8 Å². The van der Waals surface area contributed by atoms with Crippen LogP contribution in [0.15, 0.2) is 0 Å². The Kier molecular flexibility index (Phi) is 1.97. The maximum atomic E-state index is 11.7. The summed E-state index contributed by atoms with van der Waals surface area (Å²) in [6, 6.07) is 0. The van der Waals surface area contributed by atoms with E-state index in [1.165, 1.54) is 19.3 Å². The lowest BCUT2D eigenvalue weighted by molar-refractivity contribution is -0.124. The van der Waals surface area contributed by atoms with E-state index in [0.29, 0.717) is 17.6 Å². The van der Waals surface area contributed by atoms with Crippen LogP contribution < -0.4 is 0 Å². The van der Waals surface area contributed by atoms with E-state index in [2.05, 4.69) is 13.8 Å². The second kappa shape index (κ2) is 2.86. The molecule has 68 valence electrons. The number of Topliss-reactive ketones (excluding diaryl/α,β-unsaturated/α-hetero) is 1. The summed E-state index contributed by atoms with van der Waals surface area (Å²) in [5, 5.41) is 0. The fraction of sp³-hybridized carbons (Fsp3) is 0.909. The van der Waals surface area contributed by atoms with Crippen molar-refractivity contribution in [3.63, 3.8) is 0 Å². The van der Waals surface area contributed by atoms with E-state index in [4.69, 9.17) is 0 Å². The third-order valence-corrected chi connectivity index (χ3v) is 3.83. The lowest BCUT2D eigenvalue weighted by atomic mass is 9.96. The predicted octanol–water partition coefficient (Wildman–Crippen LogP) is 2.65. The van der Waals surface area contributed by atoms with Gasteiger partial charge in [-0.05, 0) is 31.1 Å². The molecule has 0 radical (unpaired) electrons. The van der Waals surface area contributed by atoms with Crippen molar-refractivity contribution in [3.05, 3.63) is 0 Å². The maximum Gasteiger partial charge on any atom is 0.139 e. The van der Waals surface area contributed by atoms with Gasteiger partial charge in [0.1, 0.15) is 5.78 Å². The van der Waals surface area contributed by atoms with Crippen LogP contribution >= 0.6 is 0 Å². The van der Waals surface area contributed by atoms with Crippen molar-refractivity contribution in [3.8, 4) is 0 Å². The van der Waals surface area contributed by atoms with Crippen LogP contribution in [0.2, 0.25) is 0 Å². The van der Waals surface area contributed by atoms with Gasteiger partial charge in [0.25, 0.3) is 0 Å². The Morgan fingerprint density at radius 2 is 2.00 bits per heavy atom. The van der Waals surface area contributed by atoms with E-state index in [0.717, 1.165) is 18.3 Å². The number of hydrogen-bond acceptors (Lipinski definition) is 1. The largest absolute Gasteiger partial charge is 0.299 e. The SMILES string of the molecule is CCC(C)C(=O)C1C2CCCC21. The zero-order valence-electron chi connectivity index (χ0n) is 8.05. The van der Waals surface area contributed by atoms with Crippen LogP contribution in [-0.2, 0) is 4.79 Å². The molecule has 2 saturated carbocycles. The van der Waals surface area contributed by atoms with Crippen LogP contribution in [-0.4, -0.2) is 5.78 Å². The highest BCUT2D eigenvalue weighted by atomic mass is 16.1. The van der Waals surface area contributed by atoms with Crippen molar-refractivity contribution in [2.24, 2.45) is 23.7 Å². The normalized spacial score (nSPS) is 40.7. The van der Waals surface area contributed by atoms with Gasteiger partial charge in [0.05, 0.1) is 0 Å². The fourth-order valence-corrected chi connectivity index (χ4v) is 2.77. The lowest BCUT2D eigenvalue weighted by Gasteiger charge is -2.08. The minimum atomic E-state index is 0.320. The molecule has 2 rings (SSSR count). The maximum absolute atomic E-state index is 11.7. The van der Waals surface area contributed by atoms with Crippen molar-refractivity contribution < 1.29 is 4.79 Å². The van der Waals surface area contributed by atoms with Crippen LogP contribution in [0.4, 0.5) is 0 Å². The predicted molar refractivity (Wildman–Crippen MR) is 48.8 cm³/mol. The number of ketones is 1. The molecular formula is C11H18O. The van der Waals surface area contributed by atoms with E-state index in [1.54, 1.807) is 0 Å². The molecule has 3 atom stereocenters. The topological polar surface area (TPSA) is 17.1 Å². The van der Waals surface area contributed by atoms with Gasteiger partial charge in [0.15, 0.2) is 0 Å². The van der Waals surface area contributed by atoms with Crippen LogP contribution in [0, 0.1) is 23.7 Å². The summed E-state index contributed by atoms with van der Waals surface area (Å²) in [6.45, 7) is 4.19. The Bertz CT molecular complexity index is 187. The summed E-state index contributed by atoms with van der Waals surface area (Å²) in [7, 11) is 0. The molecule has 3 unspecified atom stereocenters. The number of carbonyl (C=O) groups excluding carboxylic acids is 1. The zero-order chi connectivity index (χ0) is 8.72. The van der Waals surface area contributed by atoms with E-state index in [-0.39, 0.29) is 0 Å². The second-order valence-corrected chi connectivity index (χ2v) is 4.50. The quantitative estimate of drug-likeness (QED) is 0.630. The molecule has 2 fully saturated rings. The van der Waals surface area contributed by atoms with Crippen LogP contribution in [0.3, 0.4) is 0 Å². The first-order chi connectivity index (χ1) is 5.75. The summed E-state index contributed by atoms with van der Waals surface area (Å²) in [4.78, 5) is 11.7. The van der Waals surface area contributed by atoms with Gasteiger partial charge < -0.3 is 0 Å². The van der Waals surface area contributed by atoms with E-state index in [9.17, 15) is 4.79 Å². The first-order valence-corrected chi connectivity index (χ1v) is 5.29. The van der Waals surface area contributed by atoms with Crippen molar-refractivity contribution >= 4 is 5.78 Å². The minimum Gasteiger partial charge on any atom is -0.299 e. The lowest BCUT2D eigenvalue weighted by Crippen LogP contribution is -2.14. The molecule has 1 heteroatoms. The summed E-state index contributed by atoms with van der Waals surface area (Å²) < 4.78 is 0. The van der Waals surface area contributed by atoms with Crippen LogP contribution in [0.25, 0.3) is 0 Å². The molecule has 0 amide bonds. The molecule has 2 aliphatic carbocycles. The van der Waals surface area contributed by atoms with Crippen LogP contribution in [0.5, 0.6) is 0 Å². The Hall–Kier alpha value is -0.330. The summed E-state index contributed by atoms with van der Waals surface area (Å²) in [5.74, 6) is 3.00. The van der Waals surface area contributed by atoms with Crippen LogP contribution in [0.1, 0.15) is 39.5 Å². The molecule has 1 nitrogen and oxygen atoms in total. The number of carbonyl (C=O) groups is 1. The molecule has 0 saturated heterocycles. The molecule has 12 heavy (non-hydrogen) atoms. The van der Waals surface area contributed by atoms with E-state index < -0.39 is 0 Å². The number of fused-ring (bicyclic) bond motifs is 1. The second-order valence-electron chi connectivity index (χ2n) is 4.50. The molecule has 0 heterocycles. The molecule has 0 aromatic rings. The van der Waals surface area contributed by atoms with E-state index >= 15 is 0 Å². The molecule has 0 aromatic heterocycles. The molecule has 2 aliphatic rings. The van der Waals surface area contributed by atoms with Gasteiger partial charge >= 0.3 is 0 Å². The highest BCUT2D eigenvalue weighted by molar-refractivity contribution is 5.86. The van der Waals surface area contributed by atoms with E-state index in [1.807, 2.05) is 0 Å². The Labute approximate surface area is 74.5 Å². The molecule has 0 spiro atoms. The first kappa shape index (κ1) is 8.28. The highest BCUT2D eigenvalue weighted by Gasteiger charge is 2.56. The molecular weight excluding hydrogens is 148 g/mol. The Morgan fingerprint density at radius 3 is 2.50 bits per heavy atom.